The summed E-state index contributed by atoms with van der Waals surface area (Å²) in [6.07, 6.45) is 5.42. The number of rotatable bonds is 3. The van der Waals surface area contributed by atoms with Crippen molar-refractivity contribution in [1.82, 2.24) is 10.2 Å². The summed E-state index contributed by atoms with van der Waals surface area (Å²) < 4.78 is 0. The SMILES string of the molecule is CN1CCC(CN)C1CC1CCCNC1. The quantitative estimate of drug-likeness (QED) is 0.720. The molecule has 0 aromatic carbocycles. The first-order valence-electron chi connectivity index (χ1n) is 6.42. The van der Waals surface area contributed by atoms with Crippen molar-refractivity contribution in [2.45, 2.75) is 31.7 Å². The first-order valence-corrected chi connectivity index (χ1v) is 6.42. The number of hydrogen-bond donors (Lipinski definition) is 2. The van der Waals surface area contributed by atoms with Crippen molar-refractivity contribution in [3.63, 3.8) is 0 Å². The fourth-order valence-electron chi connectivity index (χ4n) is 3.20. The monoisotopic (exact) mass is 211 g/mol. The van der Waals surface area contributed by atoms with Crippen LogP contribution in [0.15, 0.2) is 0 Å². The summed E-state index contributed by atoms with van der Waals surface area (Å²) in [5.41, 5.74) is 5.85. The molecular weight excluding hydrogens is 186 g/mol. The first-order chi connectivity index (χ1) is 7.31. The van der Waals surface area contributed by atoms with Crippen molar-refractivity contribution in [3.8, 4) is 0 Å². The minimum absolute atomic E-state index is 0.747. The minimum atomic E-state index is 0.747. The maximum absolute atomic E-state index is 5.85. The summed E-state index contributed by atoms with van der Waals surface area (Å²) >= 11 is 0. The van der Waals surface area contributed by atoms with Crippen LogP contribution >= 0.6 is 0 Å². The topological polar surface area (TPSA) is 41.3 Å². The lowest BCUT2D eigenvalue weighted by molar-refractivity contribution is 0.208. The zero-order valence-electron chi connectivity index (χ0n) is 9.91. The van der Waals surface area contributed by atoms with Gasteiger partial charge >= 0.3 is 0 Å². The summed E-state index contributed by atoms with van der Waals surface area (Å²) in [6.45, 7) is 4.56. The van der Waals surface area contributed by atoms with Crippen molar-refractivity contribution in [2.75, 3.05) is 33.2 Å². The van der Waals surface area contributed by atoms with Gasteiger partial charge in [0.1, 0.15) is 0 Å². The molecular formula is C12H25N3. The fraction of sp³-hybridized carbons (Fsp3) is 1.00. The number of nitrogens with two attached hydrogens (primary N) is 1. The minimum Gasteiger partial charge on any atom is -0.330 e. The van der Waals surface area contributed by atoms with E-state index in [-0.39, 0.29) is 0 Å². The van der Waals surface area contributed by atoms with Gasteiger partial charge in [-0.3, -0.25) is 0 Å². The van der Waals surface area contributed by atoms with E-state index < -0.39 is 0 Å². The molecule has 0 amide bonds. The summed E-state index contributed by atoms with van der Waals surface area (Å²) in [4.78, 5) is 2.52. The van der Waals surface area contributed by atoms with Gasteiger partial charge in [-0.1, -0.05) is 0 Å². The zero-order chi connectivity index (χ0) is 10.7. The molecule has 2 rings (SSSR count). The number of nitrogens with one attached hydrogen (secondary N) is 1. The van der Waals surface area contributed by atoms with E-state index in [0.29, 0.717) is 0 Å². The summed E-state index contributed by atoms with van der Waals surface area (Å²) in [7, 11) is 2.26. The van der Waals surface area contributed by atoms with E-state index in [0.717, 1.165) is 24.4 Å². The van der Waals surface area contributed by atoms with E-state index in [1.807, 2.05) is 0 Å². The highest BCUT2D eigenvalue weighted by Crippen LogP contribution is 2.29. The van der Waals surface area contributed by atoms with Gasteiger partial charge < -0.3 is 16.0 Å². The van der Waals surface area contributed by atoms with Crippen molar-refractivity contribution in [1.29, 1.82) is 0 Å². The van der Waals surface area contributed by atoms with Gasteiger partial charge in [-0.15, -0.1) is 0 Å². The van der Waals surface area contributed by atoms with Gasteiger partial charge in [-0.2, -0.15) is 0 Å². The highest BCUT2D eigenvalue weighted by molar-refractivity contribution is 4.88. The Hall–Kier alpha value is -0.120. The van der Waals surface area contributed by atoms with Gasteiger partial charge in [0, 0.05) is 6.04 Å². The van der Waals surface area contributed by atoms with Gasteiger partial charge in [0.25, 0.3) is 0 Å². The molecule has 88 valence electrons. The van der Waals surface area contributed by atoms with Gasteiger partial charge in [-0.05, 0) is 70.7 Å². The first kappa shape index (κ1) is 11.4. The highest BCUT2D eigenvalue weighted by Gasteiger charge is 2.32. The van der Waals surface area contributed by atoms with Crippen LogP contribution in [0.4, 0.5) is 0 Å². The Bertz CT molecular complexity index is 189. The second-order valence-electron chi connectivity index (χ2n) is 5.28. The number of piperidine rings is 1. The Morgan fingerprint density at radius 2 is 2.27 bits per heavy atom. The predicted octanol–water partition coefficient (Wildman–Crippen LogP) is 0.655. The van der Waals surface area contributed by atoms with Crippen LogP contribution in [0.3, 0.4) is 0 Å². The molecule has 0 spiro atoms. The molecule has 2 saturated heterocycles. The molecule has 3 nitrogen and oxygen atoms in total. The van der Waals surface area contributed by atoms with E-state index in [9.17, 15) is 0 Å². The Balaban J connectivity index is 1.85. The van der Waals surface area contributed by atoms with Crippen molar-refractivity contribution >= 4 is 0 Å². The van der Waals surface area contributed by atoms with E-state index in [1.54, 1.807) is 0 Å². The maximum atomic E-state index is 5.85. The molecule has 3 unspecified atom stereocenters. The molecule has 2 fully saturated rings. The lowest BCUT2D eigenvalue weighted by Crippen LogP contribution is -2.38. The van der Waals surface area contributed by atoms with Crippen molar-refractivity contribution < 1.29 is 0 Å². The number of hydrogen-bond acceptors (Lipinski definition) is 3. The normalized spacial score (nSPS) is 38.4. The summed E-state index contributed by atoms with van der Waals surface area (Å²) in [5, 5.41) is 3.51. The van der Waals surface area contributed by atoms with Crippen molar-refractivity contribution in [3.05, 3.63) is 0 Å². The standard InChI is InChI=1S/C12H25N3/c1-15-6-4-11(8-13)12(15)7-10-3-2-5-14-9-10/h10-12,14H,2-9,13H2,1H3. The Labute approximate surface area is 93.4 Å². The van der Waals surface area contributed by atoms with Gasteiger partial charge in [0.2, 0.25) is 0 Å². The average molecular weight is 211 g/mol. The molecule has 3 heteroatoms. The molecule has 3 atom stereocenters. The van der Waals surface area contributed by atoms with Crippen molar-refractivity contribution in [2.24, 2.45) is 17.6 Å². The Morgan fingerprint density at radius 1 is 1.40 bits per heavy atom. The Morgan fingerprint density at radius 3 is 2.93 bits per heavy atom. The second kappa shape index (κ2) is 5.28. The van der Waals surface area contributed by atoms with Crippen LogP contribution in [0.25, 0.3) is 0 Å². The van der Waals surface area contributed by atoms with E-state index in [2.05, 4.69) is 17.3 Å². The van der Waals surface area contributed by atoms with Crippen LogP contribution in [0, 0.1) is 11.8 Å². The molecule has 2 heterocycles. The smallest absolute Gasteiger partial charge is 0.0136 e. The lowest BCUT2D eigenvalue weighted by atomic mass is 9.87. The van der Waals surface area contributed by atoms with E-state index >= 15 is 0 Å². The molecule has 15 heavy (non-hydrogen) atoms. The van der Waals surface area contributed by atoms with E-state index in [4.69, 9.17) is 5.73 Å². The van der Waals surface area contributed by atoms with Gasteiger partial charge in [0.15, 0.2) is 0 Å². The molecule has 0 saturated carbocycles. The van der Waals surface area contributed by atoms with Crippen LogP contribution in [0.2, 0.25) is 0 Å². The molecule has 0 bridgehead atoms. The van der Waals surface area contributed by atoms with Crippen LogP contribution in [-0.4, -0.2) is 44.2 Å². The van der Waals surface area contributed by atoms with Gasteiger partial charge in [-0.25, -0.2) is 0 Å². The molecule has 0 aliphatic carbocycles. The fourth-order valence-corrected chi connectivity index (χ4v) is 3.20. The largest absolute Gasteiger partial charge is 0.330 e. The average Bonchev–Trinajstić information content (AvgIpc) is 2.62. The maximum Gasteiger partial charge on any atom is 0.0136 e. The Kier molecular flexibility index (Phi) is 4.00. The molecule has 2 aliphatic heterocycles. The highest BCUT2D eigenvalue weighted by atomic mass is 15.2. The van der Waals surface area contributed by atoms with Gasteiger partial charge in [0.05, 0.1) is 0 Å². The van der Waals surface area contributed by atoms with E-state index in [1.165, 1.54) is 45.3 Å². The third-order valence-corrected chi connectivity index (χ3v) is 4.24. The molecule has 0 aromatic rings. The molecule has 0 aromatic heterocycles. The molecule has 0 radical (unpaired) electrons. The lowest BCUT2D eigenvalue weighted by Gasteiger charge is -2.31. The molecule has 3 N–H and O–H groups in total. The third kappa shape index (κ3) is 2.71. The predicted molar refractivity (Wildman–Crippen MR) is 63.8 cm³/mol. The van der Waals surface area contributed by atoms with Crippen LogP contribution in [0.1, 0.15) is 25.7 Å². The number of likely N-dealkylation sites (tertiary alicyclic amines) is 1. The number of nitrogens with zero attached hydrogens (tertiary/aromatic N) is 1. The third-order valence-electron chi connectivity index (χ3n) is 4.24. The summed E-state index contributed by atoms with van der Waals surface area (Å²) in [6, 6.07) is 0.750. The summed E-state index contributed by atoms with van der Waals surface area (Å²) in [5.74, 6) is 1.63. The van der Waals surface area contributed by atoms with Crippen LogP contribution in [0.5, 0.6) is 0 Å². The van der Waals surface area contributed by atoms with Crippen LogP contribution < -0.4 is 11.1 Å². The molecule has 2 aliphatic rings. The zero-order valence-corrected chi connectivity index (χ0v) is 9.91. The van der Waals surface area contributed by atoms with Crippen LogP contribution in [-0.2, 0) is 0 Å². The second-order valence-corrected chi connectivity index (χ2v) is 5.28.